The predicted octanol–water partition coefficient (Wildman–Crippen LogP) is 3.61. The van der Waals surface area contributed by atoms with Crippen LogP contribution >= 0.6 is 0 Å². The number of hydrazine groups is 1. The lowest BCUT2D eigenvalue weighted by molar-refractivity contribution is -0.128. The van der Waals surface area contributed by atoms with Crippen molar-refractivity contribution in [3.8, 4) is 0 Å². The molecule has 2 rings (SSSR count). The van der Waals surface area contributed by atoms with Gasteiger partial charge in [0, 0.05) is 23.5 Å². The second-order valence-corrected chi connectivity index (χ2v) is 6.15. The first-order valence-electron chi connectivity index (χ1n) is 8.83. The molecule has 1 heterocycles. The van der Waals surface area contributed by atoms with Crippen molar-refractivity contribution in [3.63, 3.8) is 0 Å². The Labute approximate surface area is 143 Å². The van der Waals surface area contributed by atoms with Crippen LogP contribution in [0, 0.1) is 0 Å². The Morgan fingerprint density at radius 3 is 2.50 bits per heavy atom. The molecule has 1 aromatic carbocycles. The lowest BCUT2D eigenvalue weighted by Crippen LogP contribution is -2.42. The molecule has 5 heteroatoms. The van der Waals surface area contributed by atoms with E-state index in [1.807, 2.05) is 30.5 Å². The standard InChI is InChI=1S/C19H27N3O2/c1-2-3-4-5-6-7-12-18(23)21-22-19(24)13-15-14-20-17-11-9-8-10-16(15)17/h8-11,14,20H,2-7,12-13H2,1H3,(H,21,23)(H,22,24). The predicted molar refractivity (Wildman–Crippen MR) is 96.3 cm³/mol. The summed E-state index contributed by atoms with van der Waals surface area (Å²) in [6.45, 7) is 2.19. The third-order valence-electron chi connectivity index (χ3n) is 4.12. The Bertz CT molecular complexity index is 663. The van der Waals surface area contributed by atoms with E-state index in [0.717, 1.165) is 29.3 Å². The molecular weight excluding hydrogens is 302 g/mol. The van der Waals surface area contributed by atoms with Crippen molar-refractivity contribution >= 4 is 22.7 Å². The van der Waals surface area contributed by atoms with Gasteiger partial charge in [-0.05, 0) is 18.1 Å². The first-order chi connectivity index (χ1) is 11.7. The number of para-hydroxylation sites is 1. The van der Waals surface area contributed by atoms with Crippen molar-refractivity contribution in [3.05, 3.63) is 36.0 Å². The molecule has 2 amide bonds. The van der Waals surface area contributed by atoms with E-state index in [-0.39, 0.29) is 18.2 Å². The van der Waals surface area contributed by atoms with E-state index < -0.39 is 0 Å². The molecule has 0 radical (unpaired) electrons. The number of benzene rings is 1. The molecule has 0 atom stereocenters. The Hall–Kier alpha value is -2.30. The summed E-state index contributed by atoms with van der Waals surface area (Å²) in [5.41, 5.74) is 6.92. The third-order valence-corrected chi connectivity index (χ3v) is 4.12. The summed E-state index contributed by atoms with van der Waals surface area (Å²) in [6.07, 6.45) is 9.36. The number of rotatable bonds is 9. The fraction of sp³-hybridized carbons (Fsp3) is 0.474. The molecule has 0 bridgehead atoms. The van der Waals surface area contributed by atoms with Crippen LogP contribution in [-0.2, 0) is 16.0 Å². The van der Waals surface area contributed by atoms with Crippen molar-refractivity contribution in [2.24, 2.45) is 0 Å². The van der Waals surface area contributed by atoms with Gasteiger partial charge in [-0.2, -0.15) is 0 Å². The number of aromatic nitrogens is 1. The molecule has 2 aromatic rings. The van der Waals surface area contributed by atoms with E-state index in [9.17, 15) is 9.59 Å². The highest BCUT2D eigenvalue weighted by Crippen LogP contribution is 2.17. The number of hydrogen-bond acceptors (Lipinski definition) is 2. The van der Waals surface area contributed by atoms with Crippen LogP contribution in [0.15, 0.2) is 30.5 Å². The molecule has 0 unspecified atom stereocenters. The number of carbonyl (C=O) groups excluding carboxylic acids is 2. The van der Waals surface area contributed by atoms with E-state index in [1.165, 1.54) is 25.7 Å². The van der Waals surface area contributed by atoms with Gasteiger partial charge < -0.3 is 4.98 Å². The Morgan fingerprint density at radius 2 is 1.67 bits per heavy atom. The minimum atomic E-state index is -0.212. The zero-order valence-electron chi connectivity index (χ0n) is 14.4. The van der Waals surface area contributed by atoms with Gasteiger partial charge in [0.05, 0.1) is 6.42 Å². The van der Waals surface area contributed by atoms with Crippen molar-refractivity contribution in [1.29, 1.82) is 0 Å². The fourth-order valence-corrected chi connectivity index (χ4v) is 2.76. The smallest absolute Gasteiger partial charge is 0.242 e. The molecule has 0 spiro atoms. The summed E-state index contributed by atoms with van der Waals surface area (Å²) in [5.74, 6) is -0.339. The molecule has 130 valence electrons. The molecule has 24 heavy (non-hydrogen) atoms. The fourth-order valence-electron chi connectivity index (χ4n) is 2.76. The normalized spacial score (nSPS) is 10.7. The largest absolute Gasteiger partial charge is 0.361 e. The van der Waals surface area contributed by atoms with Crippen LogP contribution in [-0.4, -0.2) is 16.8 Å². The maximum atomic E-state index is 12.0. The first-order valence-corrected chi connectivity index (χ1v) is 8.83. The van der Waals surface area contributed by atoms with Gasteiger partial charge in [-0.3, -0.25) is 20.4 Å². The second kappa shape index (κ2) is 9.75. The molecule has 0 saturated heterocycles. The Balaban J connectivity index is 1.65. The summed E-state index contributed by atoms with van der Waals surface area (Å²) >= 11 is 0. The second-order valence-electron chi connectivity index (χ2n) is 6.15. The van der Waals surface area contributed by atoms with Gasteiger partial charge in [0.25, 0.3) is 0 Å². The number of fused-ring (bicyclic) bond motifs is 1. The summed E-state index contributed by atoms with van der Waals surface area (Å²) in [7, 11) is 0. The number of nitrogens with one attached hydrogen (secondary N) is 3. The average Bonchev–Trinajstić information content (AvgIpc) is 2.99. The zero-order chi connectivity index (χ0) is 17.2. The summed E-state index contributed by atoms with van der Waals surface area (Å²) in [4.78, 5) is 26.8. The molecule has 3 N–H and O–H groups in total. The molecule has 0 fully saturated rings. The number of unbranched alkanes of at least 4 members (excludes halogenated alkanes) is 5. The van der Waals surface area contributed by atoms with Crippen molar-refractivity contribution in [1.82, 2.24) is 15.8 Å². The number of H-pyrrole nitrogens is 1. The monoisotopic (exact) mass is 329 g/mol. The highest BCUT2D eigenvalue weighted by atomic mass is 16.2. The SMILES string of the molecule is CCCCCCCCC(=O)NNC(=O)Cc1c[nH]c2ccccc12. The van der Waals surface area contributed by atoms with E-state index in [1.54, 1.807) is 0 Å². The maximum Gasteiger partial charge on any atom is 0.242 e. The Morgan fingerprint density at radius 1 is 0.958 bits per heavy atom. The molecular formula is C19H27N3O2. The van der Waals surface area contributed by atoms with Gasteiger partial charge in [-0.15, -0.1) is 0 Å². The van der Waals surface area contributed by atoms with E-state index in [2.05, 4.69) is 22.8 Å². The number of carbonyl (C=O) groups is 2. The number of amides is 2. The van der Waals surface area contributed by atoms with Gasteiger partial charge in [0.1, 0.15) is 0 Å². The molecule has 0 aliphatic rings. The van der Waals surface area contributed by atoms with Gasteiger partial charge in [-0.1, -0.05) is 57.2 Å². The molecule has 0 aliphatic heterocycles. The zero-order valence-corrected chi connectivity index (χ0v) is 14.4. The van der Waals surface area contributed by atoms with Crippen LogP contribution in [0.25, 0.3) is 10.9 Å². The maximum absolute atomic E-state index is 12.0. The first kappa shape index (κ1) is 18.0. The molecule has 0 aliphatic carbocycles. The molecule has 5 nitrogen and oxygen atoms in total. The van der Waals surface area contributed by atoms with Crippen molar-refractivity contribution < 1.29 is 9.59 Å². The highest BCUT2D eigenvalue weighted by Gasteiger charge is 2.09. The van der Waals surface area contributed by atoms with Gasteiger partial charge >= 0.3 is 0 Å². The lowest BCUT2D eigenvalue weighted by atomic mass is 10.1. The van der Waals surface area contributed by atoms with Crippen LogP contribution in [0.2, 0.25) is 0 Å². The average molecular weight is 329 g/mol. The van der Waals surface area contributed by atoms with Crippen molar-refractivity contribution in [2.75, 3.05) is 0 Å². The Kier molecular flexibility index (Phi) is 7.33. The lowest BCUT2D eigenvalue weighted by Gasteiger charge is -2.07. The third kappa shape index (κ3) is 5.72. The van der Waals surface area contributed by atoms with Crippen LogP contribution in [0.3, 0.4) is 0 Å². The van der Waals surface area contributed by atoms with Crippen molar-refractivity contribution in [2.45, 2.75) is 58.3 Å². The highest BCUT2D eigenvalue weighted by molar-refractivity contribution is 5.89. The summed E-state index contributed by atoms with van der Waals surface area (Å²) in [5, 5.41) is 1.03. The summed E-state index contributed by atoms with van der Waals surface area (Å²) < 4.78 is 0. The van der Waals surface area contributed by atoms with Crippen LogP contribution in [0.4, 0.5) is 0 Å². The topological polar surface area (TPSA) is 74.0 Å². The van der Waals surface area contributed by atoms with Crippen LogP contribution in [0.5, 0.6) is 0 Å². The molecule has 1 aromatic heterocycles. The minimum Gasteiger partial charge on any atom is -0.361 e. The molecule has 0 saturated carbocycles. The summed E-state index contributed by atoms with van der Waals surface area (Å²) in [6, 6.07) is 7.84. The van der Waals surface area contributed by atoms with E-state index in [0.29, 0.717) is 6.42 Å². The van der Waals surface area contributed by atoms with E-state index in [4.69, 9.17) is 0 Å². The van der Waals surface area contributed by atoms with Crippen LogP contribution < -0.4 is 10.9 Å². The number of hydrogen-bond donors (Lipinski definition) is 3. The quantitative estimate of drug-likeness (QED) is 0.486. The minimum absolute atomic E-state index is 0.127. The number of aromatic amines is 1. The van der Waals surface area contributed by atoms with Crippen LogP contribution in [0.1, 0.15) is 57.4 Å². The van der Waals surface area contributed by atoms with Gasteiger partial charge in [0.2, 0.25) is 11.8 Å². The van der Waals surface area contributed by atoms with E-state index >= 15 is 0 Å². The van der Waals surface area contributed by atoms with Gasteiger partial charge in [-0.25, -0.2) is 0 Å². The van der Waals surface area contributed by atoms with Gasteiger partial charge in [0.15, 0.2) is 0 Å².